The molecule has 34 heavy (non-hydrogen) atoms. The maximum Gasteiger partial charge on any atom is 0.229 e. The molecule has 7 nitrogen and oxygen atoms in total. The van der Waals surface area contributed by atoms with Gasteiger partial charge in [0.1, 0.15) is 5.75 Å². The van der Waals surface area contributed by atoms with Gasteiger partial charge in [-0.05, 0) is 54.4 Å². The first-order valence-corrected chi connectivity index (χ1v) is 13.3. The van der Waals surface area contributed by atoms with Crippen LogP contribution in [0.25, 0.3) is 10.2 Å². The Labute approximate surface area is 206 Å². The van der Waals surface area contributed by atoms with Crippen molar-refractivity contribution in [2.45, 2.75) is 24.3 Å². The number of nitrogens with zero attached hydrogens (tertiary/aromatic N) is 3. The molecule has 0 unspecified atom stereocenters. The van der Waals surface area contributed by atoms with Gasteiger partial charge in [0.15, 0.2) is 15.0 Å². The van der Waals surface area contributed by atoms with Crippen molar-refractivity contribution in [1.82, 2.24) is 9.97 Å². The molecule has 4 rings (SSSR count). The molecular weight excluding hydrogens is 494 g/mol. The van der Waals surface area contributed by atoms with E-state index in [0.717, 1.165) is 15.8 Å². The van der Waals surface area contributed by atoms with Crippen molar-refractivity contribution in [3.05, 3.63) is 77.6 Å². The standard InChI is InChI=1S/C24H22ClN3O4S2/c1-32-19-8-11-22-21(14-19)27-24(33-22)28(16-17-4-2-12-26-15-17)23(29)5-3-13-34(30,31)20-9-6-18(25)7-10-20/h2,4,6-12,14-15H,3,5,13,16H2,1H3. The number of carbonyl (C=O) groups is 1. The molecule has 1 amide bonds. The van der Waals surface area contributed by atoms with Crippen molar-refractivity contribution in [3.8, 4) is 5.75 Å². The zero-order valence-corrected chi connectivity index (χ0v) is 20.7. The zero-order chi connectivity index (χ0) is 24.1. The summed E-state index contributed by atoms with van der Waals surface area (Å²) in [6.07, 6.45) is 3.61. The van der Waals surface area contributed by atoms with Gasteiger partial charge in [-0.1, -0.05) is 29.0 Å². The van der Waals surface area contributed by atoms with E-state index < -0.39 is 9.84 Å². The number of hydrogen-bond acceptors (Lipinski definition) is 7. The van der Waals surface area contributed by atoms with Gasteiger partial charge in [-0.2, -0.15) is 0 Å². The fourth-order valence-corrected chi connectivity index (χ4v) is 5.78. The molecule has 2 aromatic carbocycles. The van der Waals surface area contributed by atoms with Crippen molar-refractivity contribution >= 4 is 54.0 Å². The van der Waals surface area contributed by atoms with Crippen LogP contribution in [0.15, 0.2) is 71.9 Å². The number of benzene rings is 2. The molecule has 0 bridgehead atoms. The van der Waals surface area contributed by atoms with Crippen molar-refractivity contribution in [2.24, 2.45) is 0 Å². The van der Waals surface area contributed by atoms with Crippen LogP contribution >= 0.6 is 22.9 Å². The number of ether oxygens (including phenoxy) is 1. The Morgan fingerprint density at radius 2 is 1.94 bits per heavy atom. The van der Waals surface area contributed by atoms with Gasteiger partial charge in [0.2, 0.25) is 5.91 Å². The number of methoxy groups -OCH3 is 1. The molecular formula is C24H22ClN3O4S2. The second-order valence-corrected chi connectivity index (χ2v) is 11.1. The van der Waals surface area contributed by atoms with E-state index in [4.69, 9.17) is 16.3 Å². The summed E-state index contributed by atoms with van der Waals surface area (Å²) in [6, 6.07) is 15.3. The predicted molar refractivity (Wildman–Crippen MR) is 134 cm³/mol. The maximum absolute atomic E-state index is 13.3. The van der Waals surface area contributed by atoms with Gasteiger partial charge in [0.05, 0.1) is 34.5 Å². The summed E-state index contributed by atoms with van der Waals surface area (Å²) in [7, 11) is -1.93. The lowest BCUT2D eigenvalue weighted by Crippen LogP contribution is -2.30. The maximum atomic E-state index is 13.3. The summed E-state index contributed by atoms with van der Waals surface area (Å²) in [6.45, 7) is 0.285. The summed E-state index contributed by atoms with van der Waals surface area (Å²) < 4.78 is 31.5. The molecule has 0 aliphatic carbocycles. The van der Waals surface area contributed by atoms with Gasteiger partial charge in [-0.3, -0.25) is 14.7 Å². The van der Waals surface area contributed by atoms with Crippen molar-refractivity contribution in [3.63, 3.8) is 0 Å². The molecule has 0 N–H and O–H groups in total. The molecule has 0 saturated heterocycles. The molecule has 0 aliphatic rings. The Morgan fingerprint density at radius 1 is 1.15 bits per heavy atom. The summed E-state index contributed by atoms with van der Waals surface area (Å²) >= 11 is 7.25. The van der Waals surface area contributed by atoms with Gasteiger partial charge in [-0.15, -0.1) is 0 Å². The van der Waals surface area contributed by atoms with Crippen molar-refractivity contribution in [1.29, 1.82) is 0 Å². The van der Waals surface area contributed by atoms with E-state index >= 15 is 0 Å². The van der Waals surface area contributed by atoms with Crippen molar-refractivity contribution < 1.29 is 17.9 Å². The largest absolute Gasteiger partial charge is 0.497 e. The van der Waals surface area contributed by atoms with E-state index in [2.05, 4.69) is 9.97 Å². The minimum absolute atomic E-state index is 0.0618. The molecule has 0 fully saturated rings. The Bertz CT molecular complexity index is 1390. The summed E-state index contributed by atoms with van der Waals surface area (Å²) in [4.78, 5) is 23.8. The average molecular weight is 516 g/mol. The number of rotatable bonds is 9. The van der Waals surface area contributed by atoms with Crippen LogP contribution in [0.2, 0.25) is 5.02 Å². The van der Waals surface area contributed by atoms with Crippen LogP contribution in [0.4, 0.5) is 5.13 Å². The van der Waals surface area contributed by atoms with Gasteiger partial charge in [0, 0.05) is 29.9 Å². The van der Waals surface area contributed by atoms with E-state index in [1.165, 1.54) is 35.6 Å². The number of thiazole rings is 1. The number of hydrogen-bond donors (Lipinski definition) is 0. The fraction of sp³-hybridized carbons (Fsp3) is 0.208. The predicted octanol–water partition coefficient (Wildman–Crippen LogP) is 5.14. The van der Waals surface area contributed by atoms with Crippen LogP contribution in [0, 0.1) is 0 Å². The summed E-state index contributed by atoms with van der Waals surface area (Å²) in [5.74, 6) is 0.334. The number of halogens is 1. The van der Waals surface area contributed by atoms with E-state index in [-0.39, 0.29) is 35.9 Å². The van der Waals surface area contributed by atoms with Gasteiger partial charge in [0.25, 0.3) is 0 Å². The third kappa shape index (κ3) is 5.72. The Kier molecular flexibility index (Phi) is 7.45. The number of fused-ring (bicyclic) bond motifs is 1. The third-order valence-electron chi connectivity index (χ3n) is 5.16. The number of carbonyl (C=O) groups excluding carboxylic acids is 1. The van der Waals surface area contributed by atoms with Crippen LogP contribution in [-0.4, -0.2) is 37.2 Å². The van der Waals surface area contributed by atoms with Crippen LogP contribution in [0.5, 0.6) is 5.75 Å². The summed E-state index contributed by atoms with van der Waals surface area (Å²) in [5.41, 5.74) is 1.58. The van der Waals surface area contributed by atoms with Crippen LogP contribution < -0.4 is 9.64 Å². The molecule has 10 heteroatoms. The highest BCUT2D eigenvalue weighted by atomic mass is 35.5. The third-order valence-corrected chi connectivity index (χ3v) is 8.28. The molecule has 2 heterocycles. The lowest BCUT2D eigenvalue weighted by Gasteiger charge is -2.20. The number of pyridine rings is 1. The van der Waals surface area contributed by atoms with Gasteiger partial charge < -0.3 is 4.74 Å². The second kappa shape index (κ2) is 10.5. The van der Waals surface area contributed by atoms with Crippen LogP contribution in [0.3, 0.4) is 0 Å². The second-order valence-electron chi connectivity index (χ2n) is 7.55. The molecule has 0 saturated carbocycles. The Morgan fingerprint density at radius 3 is 2.65 bits per heavy atom. The first-order chi connectivity index (χ1) is 16.4. The average Bonchev–Trinajstić information content (AvgIpc) is 3.26. The van der Waals surface area contributed by atoms with E-state index in [0.29, 0.717) is 15.9 Å². The first kappa shape index (κ1) is 24.1. The van der Waals surface area contributed by atoms with Gasteiger partial charge >= 0.3 is 0 Å². The smallest absolute Gasteiger partial charge is 0.229 e. The normalized spacial score (nSPS) is 11.5. The quantitative estimate of drug-likeness (QED) is 0.306. The zero-order valence-electron chi connectivity index (χ0n) is 18.3. The molecule has 0 aliphatic heterocycles. The lowest BCUT2D eigenvalue weighted by atomic mass is 10.2. The number of amides is 1. The molecule has 0 atom stereocenters. The monoisotopic (exact) mass is 515 g/mol. The highest BCUT2D eigenvalue weighted by Gasteiger charge is 2.22. The topological polar surface area (TPSA) is 89.5 Å². The molecule has 4 aromatic rings. The van der Waals surface area contributed by atoms with E-state index in [1.54, 1.807) is 30.5 Å². The fourth-order valence-electron chi connectivity index (χ4n) is 3.38. The van der Waals surface area contributed by atoms with E-state index in [1.807, 2.05) is 24.3 Å². The highest BCUT2D eigenvalue weighted by molar-refractivity contribution is 7.91. The van der Waals surface area contributed by atoms with Gasteiger partial charge in [-0.25, -0.2) is 13.4 Å². The number of anilines is 1. The minimum Gasteiger partial charge on any atom is -0.497 e. The van der Waals surface area contributed by atoms with E-state index in [9.17, 15) is 13.2 Å². The van der Waals surface area contributed by atoms with Crippen LogP contribution in [0.1, 0.15) is 18.4 Å². The minimum atomic E-state index is -3.52. The lowest BCUT2D eigenvalue weighted by molar-refractivity contribution is -0.118. The first-order valence-electron chi connectivity index (χ1n) is 10.5. The SMILES string of the molecule is COc1ccc2sc(N(Cc3cccnc3)C(=O)CCCS(=O)(=O)c3ccc(Cl)cc3)nc2c1. The summed E-state index contributed by atoms with van der Waals surface area (Å²) in [5, 5.41) is 1.01. The molecule has 0 spiro atoms. The Hall–Kier alpha value is -3.01. The molecule has 2 aromatic heterocycles. The molecule has 176 valence electrons. The molecule has 0 radical (unpaired) electrons. The number of aromatic nitrogens is 2. The highest BCUT2D eigenvalue weighted by Crippen LogP contribution is 2.32. The Balaban J connectivity index is 1.53. The van der Waals surface area contributed by atoms with Crippen LogP contribution in [-0.2, 0) is 21.2 Å². The number of sulfone groups is 1. The van der Waals surface area contributed by atoms with Crippen molar-refractivity contribution in [2.75, 3.05) is 17.8 Å².